The topological polar surface area (TPSA) is 75.1 Å². The van der Waals surface area contributed by atoms with Crippen LogP contribution in [0.4, 0.5) is 5.82 Å². The molecular weight excluding hydrogens is 218 g/mol. The average Bonchev–Trinajstić information content (AvgIpc) is 2.35. The molecule has 0 aliphatic heterocycles. The molecule has 2 N–H and O–H groups in total. The highest BCUT2D eigenvalue weighted by Crippen LogP contribution is 2.19. The summed E-state index contributed by atoms with van der Waals surface area (Å²) in [6.45, 7) is 2.79. The number of rotatable bonds is 4. The second kappa shape index (κ2) is 4.78. The molecule has 0 unspecified atom stereocenters. The molecule has 0 aliphatic rings. The van der Waals surface area contributed by atoms with Gasteiger partial charge in [0.25, 0.3) is 0 Å². The predicted octanol–water partition coefficient (Wildman–Crippen LogP) is 2.15. The van der Waals surface area contributed by atoms with Crippen molar-refractivity contribution in [2.45, 2.75) is 13.3 Å². The first kappa shape index (κ1) is 11.3. The van der Waals surface area contributed by atoms with E-state index < -0.39 is 5.97 Å². The van der Waals surface area contributed by atoms with Crippen LogP contribution in [-0.4, -0.2) is 27.6 Å². The number of carboxylic acids is 1. The third-order valence-electron chi connectivity index (χ3n) is 2.34. The van der Waals surface area contributed by atoms with E-state index in [0.29, 0.717) is 11.3 Å². The highest BCUT2D eigenvalue weighted by atomic mass is 16.4. The van der Waals surface area contributed by atoms with Crippen molar-refractivity contribution in [2.75, 3.05) is 11.9 Å². The molecule has 1 aromatic carbocycles. The van der Waals surface area contributed by atoms with E-state index in [2.05, 4.69) is 15.3 Å². The molecule has 2 rings (SSSR count). The van der Waals surface area contributed by atoms with Gasteiger partial charge in [0.05, 0.1) is 5.52 Å². The van der Waals surface area contributed by atoms with Gasteiger partial charge in [-0.15, -0.1) is 0 Å². The Balaban J connectivity index is 2.56. The quantitative estimate of drug-likeness (QED) is 0.843. The lowest BCUT2D eigenvalue weighted by atomic mass is 10.2. The molecule has 1 aromatic heterocycles. The normalized spacial score (nSPS) is 10.4. The molecule has 2 aromatic rings. The van der Waals surface area contributed by atoms with Gasteiger partial charge in [0.1, 0.15) is 5.82 Å². The molecular formula is C12H13N3O2. The van der Waals surface area contributed by atoms with Crippen LogP contribution in [0.1, 0.15) is 24.0 Å². The number of hydrogen-bond acceptors (Lipinski definition) is 4. The second-order valence-corrected chi connectivity index (χ2v) is 3.64. The summed E-state index contributed by atoms with van der Waals surface area (Å²) in [6, 6.07) is 7.35. The number of carbonyl (C=O) groups is 1. The van der Waals surface area contributed by atoms with E-state index in [1.165, 1.54) is 0 Å². The number of carboxylic acid groups (broad SMARTS) is 1. The predicted molar refractivity (Wildman–Crippen MR) is 65.3 cm³/mol. The zero-order chi connectivity index (χ0) is 12.3. The van der Waals surface area contributed by atoms with Gasteiger partial charge in [0.2, 0.25) is 5.82 Å². The highest BCUT2D eigenvalue weighted by Gasteiger charge is 2.11. The van der Waals surface area contributed by atoms with E-state index in [9.17, 15) is 4.79 Å². The average molecular weight is 231 g/mol. The Morgan fingerprint density at radius 1 is 1.35 bits per heavy atom. The first-order chi connectivity index (χ1) is 8.22. The number of aromatic carboxylic acids is 1. The Bertz CT molecular complexity index is 554. The van der Waals surface area contributed by atoms with Gasteiger partial charge in [-0.2, -0.15) is 0 Å². The van der Waals surface area contributed by atoms with E-state index in [1.54, 1.807) is 6.07 Å². The summed E-state index contributed by atoms with van der Waals surface area (Å²) in [5, 5.41) is 12.9. The number of benzene rings is 1. The van der Waals surface area contributed by atoms with E-state index in [-0.39, 0.29) is 5.82 Å². The molecule has 17 heavy (non-hydrogen) atoms. The maximum Gasteiger partial charge on any atom is 0.374 e. The SMILES string of the molecule is CCCNc1nc(C(=O)O)nc2ccccc12. The second-order valence-electron chi connectivity index (χ2n) is 3.64. The van der Waals surface area contributed by atoms with Gasteiger partial charge in [-0.1, -0.05) is 19.1 Å². The Labute approximate surface area is 98.5 Å². The summed E-state index contributed by atoms with van der Waals surface area (Å²) < 4.78 is 0. The largest absolute Gasteiger partial charge is 0.475 e. The number of nitrogens with one attached hydrogen (secondary N) is 1. The lowest BCUT2D eigenvalue weighted by Gasteiger charge is -2.08. The van der Waals surface area contributed by atoms with Gasteiger partial charge < -0.3 is 10.4 Å². The molecule has 0 fully saturated rings. The Morgan fingerprint density at radius 2 is 2.12 bits per heavy atom. The lowest BCUT2D eigenvalue weighted by Crippen LogP contribution is -2.09. The number of hydrogen-bond donors (Lipinski definition) is 2. The van der Waals surface area contributed by atoms with Gasteiger partial charge in [-0.05, 0) is 18.6 Å². The summed E-state index contributed by atoms with van der Waals surface area (Å²) in [4.78, 5) is 18.9. The molecule has 1 heterocycles. The molecule has 0 saturated heterocycles. The minimum Gasteiger partial charge on any atom is -0.475 e. The van der Waals surface area contributed by atoms with Gasteiger partial charge >= 0.3 is 5.97 Å². The van der Waals surface area contributed by atoms with Crippen LogP contribution in [0.15, 0.2) is 24.3 Å². The first-order valence-corrected chi connectivity index (χ1v) is 5.46. The van der Waals surface area contributed by atoms with E-state index in [0.717, 1.165) is 18.4 Å². The third kappa shape index (κ3) is 2.33. The molecule has 0 aliphatic carbocycles. The molecule has 0 spiro atoms. The van der Waals surface area contributed by atoms with Crippen LogP contribution >= 0.6 is 0 Å². The maximum atomic E-state index is 10.9. The molecule has 0 amide bonds. The fourth-order valence-corrected chi connectivity index (χ4v) is 1.55. The number of para-hydroxylation sites is 1. The van der Waals surface area contributed by atoms with Crippen molar-refractivity contribution < 1.29 is 9.90 Å². The van der Waals surface area contributed by atoms with Crippen LogP contribution in [0.2, 0.25) is 0 Å². The zero-order valence-electron chi connectivity index (χ0n) is 9.47. The summed E-state index contributed by atoms with van der Waals surface area (Å²) in [6.07, 6.45) is 0.945. The molecule has 0 atom stereocenters. The number of aromatic nitrogens is 2. The summed E-state index contributed by atoms with van der Waals surface area (Å²) in [7, 11) is 0. The van der Waals surface area contributed by atoms with Crippen LogP contribution in [0.3, 0.4) is 0 Å². The fraction of sp³-hybridized carbons (Fsp3) is 0.250. The van der Waals surface area contributed by atoms with E-state index in [4.69, 9.17) is 5.11 Å². The van der Waals surface area contributed by atoms with Crippen molar-refractivity contribution in [3.05, 3.63) is 30.1 Å². The molecule has 0 saturated carbocycles. The van der Waals surface area contributed by atoms with Crippen LogP contribution in [-0.2, 0) is 0 Å². The van der Waals surface area contributed by atoms with Gasteiger partial charge in [-0.3, -0.25) is 0 Å². The smallest absolute Gasteiger partial charge is 0.374 e. The number of fused-ring (bicyclic) bond motifs is 1. The minimum absolute atomic E-state index is 0.178. The highest BCUT2D eigenvalue weighted by molar-refractivity contribution is 5.93. The third-order valence-corrected chi connectivity index (χ3v) is 2.34. The summed E-state index contributed by atoms with van der Waals surface area (Å²) >= 11 is 0. The minimum atomic E-state index is -1.12. The van der Waals surface area contributed by atoms with Crippen molar-refractivity contribution in [1.29, 1.82) is 0 Å². The van der Waals surface area contributed by atoms with Crippen LogP contribution in [0, 0.1) is 0 Å². The van der Waals surface area contributed by atoms with Gasteiger partial charge in [0, 0.05) is 11.9 Å². The molecule has 5 nitrogen and oxygen atoms in total. The Kier molecular flexibility index (Phi) is 3.18. The summed E-state index contributed by atoms with van der Waals surface area (Å²) in [5.41, 5.74) is 0.638. The van der Waals surface area contributed by atoms with E-state index >= 15 is 0 Å². The monoisotopic (exact) mass is 231 g/mol. The Hall–Kier alpha value is -2.17. The fourth-order valence-electron chi connectivity index (χ4n) is 1.55. The standard InChI is InChI=1S/C12H13N3O2/c1-2-7-13-10-8-5-3-4-6-9(8)14-11(15-10)12(16)17/h3-6H,2,7H2,1H3,(H,16,17)(H,13,14,15). The lowest BCUT2D eigenvalue weighted by molar-refractivity contribution is 0.0684. The van der Waals surface area contributed by atoms with Crippen LogP contribution in [0.25, 0.3) is 10.9 Å². The van der Waals surface area contributed by atoms with Crippen molar-refractivity contribution in [1.82, 2.24) is 9.97 Å². The maximum absolute atomic E-state index is 10.9. The first-order valence-electron chi connectivity index (χ1n) is 5.46. The van der Waals surface area contributed by atoms with Crippen molar-refractivity contribution in [3.63, 3.8) is 0 Å². The molecule has 5 heteroatoms. The zero-order valence-corrected chi connectivity index (χ0v) is 9.47. The molecule has 0 radical (unpaired) electrons. The molecule has 0 bridgehead atoms. The van der Waals surface area contributed by atoms with Crippen molar-refractivity contribution in [2.24, 2.45) is 0 Å². The van der Waals surface area contributed by atoms with Crippen LogP contribution in [0.5, 0.6) is 0 Å². The van der Waals surface area contributed by atoms with Gasteiger partial charge in [-0.25, -0.2) is 14.8 Å². The molecule has 88 valence electrons. The number of anilines is 1. The Morgan fingerprint density at radius 3 is 2.82 bits per heavy atom. The van der Waals surface area contributed by atoms with E-state index in [1.807, 2.05) is 25.1 Å². The van der Waals surface area contributed by atoms with Crippen molar-refractivity contribution >= 4 is 22.7 Å². The number of nitrogens with zero attached hydrogens (tertiary/aromatic N) is 2. The van der Waals surface area contributed by atoms with Crippen molar-refractivity contribution in [3.8, 4) is 0 Å². The van der Waals surface area contributed by atoms with Crippen LogP contribution < -0.4 is 5.32 Å². The van der Waals surface area contributed by atoms with Gasteiger partial charge in [0.15, 0.2) is 0 Å². The summed E-state index contributed by atoms with van der Waals surface area (Å²) in [5.74, 6) is -0.715.